The first kappa shape index (κ1) is 15.9. The van der Waals surface area contributed by atoms with Gasteiger partial charge in [-0.3, -0.25) is 9.59 Å². The maximum absolute atomic E-state index is 12.3. The summed E-state index contributed by atoms with van der Waals surface area (Å²) >= 11 is 11.8. The zero-order chi connectivity index (χ0) is 15.6. The van der Waals surface area contributed by atoms with E-state index >= 15 is 0 Å². The summed E-state index contributed by atoms with van der Waals surface area (Å²) in [5.74, 6) is -1.05. The fourth-order valence-electron chi connectivity index (χ4n) is 1.96. The number of amides is 1. The lowest BCUT2D eigenvalue weighted by Crippen LogP contribution is -2.44. The summed E-state index contributed by atoms with van der Waals surface area (Å²) in [5, 5.41) is 9.66. The molecule has 1 unspecified atom stereocenters. The predicted octanol–water partition coefficient (Wildman–Crippen LogP) is 2.84. The van der Waals surface area contributed by atoms with Crippen LogP contribution in [0.1, 0.15) is 19.8 Å². The van der Waals surface area contributed by atoms with Gasteiger partial charge < -0.3 is 14.7 Å². The molecule has 1 atom stereocenters. The molecule has 0 radical (unpaired) electrons. The minimum atomic E-state index is -1.04. The second-order valence-corrected chi connectivity index (χ2v) is 5.77. The van der Waals surface area contributed by atoms with Crippen LogP contribution in [-0.2, 0) is 9.59 Å². The number of carbonyl (C=O) groups excluding carboxylic acids is 1. The lowest BCUT2D eigenvalue weighted by atomic mass is 10.3. The van der Waals surface area contributed by atoms with Crippen molar-refractivity contribution in [1.82, 2.24) is 4.90 Å². The van der Waals surface area contributed by atoms with Crippen LogP contribution >= 0.6 is 23.2 Å². The highest BCUT2D eigenvalue weighted by Gasteiger charge is 2.36. The summed E-state index contributed by atoms with van der Waals surface area (Å²) in [7, 11) is 0. The Hall–Kier alpha value is -1.46. The summed E-state index contributed by atoms with van der Waals surface area (Å²) in [6, 6.07) is 4.70. The molecule has 0 aliphatic heterocycles. The highest BCUT2D eigenvalue weighted by Crippen LogP contribution is 2.30. The van der Waals surface area contributed by atoms with Crippen LogP contribution in [0.25, 0.3) is 0 Å². The zero-order valence-corrected chi connectivity index (χ0v) is 12.9. The van der Waals surface area contributed by atoms with E-state index in [1.807, 2.05) is 0 Å². The summed E-state index contributed by atoms with van der Waals surface area (Å²) < 4.78 is 5.53. The number of rotatable bonds is 6. The first-order valence-corrected chi connectivity index (χ1v) is 7.28. The molecular formula is C14H15Cl2NO4. The third-order valence-corrected chi connectivity index (χ3v) is 3.65. The van der Waals surface area contributed by atoms with Crippen LogP contribution in [0.2, 0.25) is 10.0 Å². The van der Waals surface area contributed by atoms with E-state index in [0.717, 1.165) is 12.8 Å². The highest BCUT2D eigenvalue weighted by atomic mass is 35.5. The minimum Gasteiger partial charge on any atom is -0.480 e. The Labute approximate surface area is 132 Å². The van der Waals surface area contributed by atoms with Crippen LogP contribution in [0.5, 0.6) is 5.75 Å². The molecule has 5 nitrogen and oxygen atoms in total. The number of carbonyl (C=O) groups is 2. The first-order chi connectivity index (χ1) is 9.88. The van der Waals surface area contributed by atoms with Gasteiger partial charge in [-0.15, -0.1) is 0 Å². The molecule has 114 valence electrons. The van der Waals surface area contributed by atoms with Crippen LogP contribution in [0.3, 0.4) is 0 Å². The van der Waals surface area contributed by atoms with Crippen LogP contribution in [-0.4, -0.2) is 40.6 Å². The van der Waals surface area contributed by atoms with Crippen molar-refractivity contribution >= 4 is 35.1 Å². The Morgan fingerprint density at radius 3 is 2.62 bits per heavy atom. The minimum absolute atomic E-state index is 0.000315. The molecule has 1 saturated carbocycles. The molecule has 7 heteroatoms. The fourth-order valence-corrected chi connectivity index (χ4v) is 2.42. The van der Waals surface area contributed by atoms with Crippen LogP contribution in [0.15, 0.2) is 18.2 Å². The van der Waals surface area contributed by atoms with Crippen LogP contribution < -0.4 is 4.74 Å². The molecule has 1 amide bonds. The molecule has 1 aromatic carbocycles. The van der Waals surface area contributed by atoms with Gasteiger partial charge in [0.1, 0.15) is 12.3 Å². The predicted molar refractivity (Wildman–Crippen MR) is 78.9 cm³/mol. The number of hydrogen-bond acceptors (Lipinski definition) is 3. The summed E-state index contributed by atoms with van der Waals surface area (Å²) in [4.78, 5) is 24.5. The van der Waals surface area contributed by atoms with E-state index in [0.29, 0.717) is 15.8 Å². The monoisotopic (exact) mass is 331 g/mol. The molecule has 21 heavy (non-hydrogen) atoms. The van der Waals surface area contributed by atoms with Crippen molar-refractivity contribution < 1.29 is 19.4 Å². The molecule has 0 saturated heterocycles. The van der Waals surface area contributed by atoms with Crippen molar-refractivity contribution in [3.05, 3.63) is 28.2 Å². The van der Waals surface area contributed by atoms with Gasteiger partial charge in [0.05, 0.1) is 5.02 Å². The Balaban J connectivity index is 2.05. The van der Waals surface area contributed by atoms with Gasteiger partial charge in [-0.2, -0.15) is 0 Å². The van der Waals surface area contributed by atoms with E-state index in [1.165, 1.54) is 11.0 Å². The Morgan fingerprint density at radius 2 is 2.10 bits per heavy atom. The van der Waals surface area contributed by atoms with Gasteiger partial charge in [-0.1, -0.05) is 23.2 Å². The Morgan fingerprint density at radius 1 is 1.43 bits per heavy atom. The number of nitrogens with zero attached hydrogens (tertiary/aromatic N) is 1. The Kier molecular flexibility index (Phi) is 4.96. The van der Waals surface area contributed by atoms with E-state index in [4.69, 9.17) is 33.0 Å². The number of hydrogen-bond donors (Lipinski definition) is 1. The number of ether oxygens (including phenoxy) is 1. The standard InChI is InChI=1S/C14H15Cl2NO4/c1-8(21-12-5-2-9(15)6-11(12)16)14(20)17(7-13(18)19)10-3-4-10/h2,5-6,8,10H,3-4,7H2,1H3,(H,18,19). The average molecular weight is 332 g/mol. The largest absolute Gasteiger partial charge is 0.480 e. The molecular weight excluding hydrogens is 317 g/mol. The SMILES string of the molecule is CC(Oc1ccc(Cl)cc1Cl)C(=O)N(CC(=O)O)C1CC1. The van der Waals surface area contributed by atoms with E-state index < -0.39 is 12.1 Å². The van der Waals surface area contributed by atoms with Crippen LogP contribution in [0, 0.1) is 0 Å². The topological polar surface area (TPSA) is 66.8 Å². The normalized spacial score (nSPS) is 15.4. The number of carboxylic acids is 1. The second kappa shape index (κ2) is 6.54. The molecule has 0 aromatic heterocycles. The third-order valence-electron chi connectivity index (χ3n) is 3.12. The molecule has 1 aliphatic rings. The average Bonchev–Trinajstić information content (AvgIpc) is 3.22. The molecule has 0 spiro atoms. The summed E-state index contributed by atoms with van der Waals surface area (Å²) in [6.45, 7) is 1.26. The van der Waals surface area contributed by atoms with Crippen molar-refractivity contribution in [3.8, 4) is 5.75 Å². The fraction of sp³-hybridized carbons (Fsp3) is 0.429. The van der Waals surface area contributed by atoms with E-state index in [9.17, 15) is 9.59 Å². The second-order valence-electron chi connectivity index (χ2n) is 4.93. The van der Waals surface area contributed by atoms with Crippen molar-refractivity contribution in [1.29, 1.82) is 0 Å². The van der Waals surface area contributed by atoms with Gasteiger partial charge in [0.25, 0.3) is 5.91 Å². The number of halogens is 2. The first-order valence-electron chi connectivity index (χ1n) is 6.52. The molecule has 2 rings (SSSR count). The van der Waals surface area contributed by atoms with Gasteiger partial charge in [-0.25, -0.2) is 0 Å². The maximum atomic E-state index is 12.3. The lowest BCUT2D eigenvalue weighted by molar-refractivity contribution is -0.148. The van der Waals surface area contributed by atoms with Gasteiger partial charge in [-0.05, 0) is 38.0 Å². The lowest BCUT2D eigenvalue weighted by Gasteiger charge is -2.24. The molecule has 0 bridgehead atoms. The Bertz CT molecular complexity index is 560. The van der Waals surface area contributed by atoms with E-state index in [2.05, 4.69) is 0 Å². The van der Waals surface area contributed by atoms with Crippen molar-refractivity contribution in [2.75, 3.05) is 6.54 Å². The maximum Gasteiger partial charge on any atom is 0.323 e. The third kappa shape index (κ3) is 4.25. The van der Waals surface area contributed by atoms with Gasteiger partial charge in [0.15, 0.2) is 6.10 Å². The smallest absolute Gasteiger partial charge is 0.323 e. The van der Waals surface area contributed by atoms with Gasteiger partial charge in [0.2, 0.25) is 0 Å². The number of benzene rings is 1. The highest BCUT2D eigenvalue weighted by molar-refractivity contribution is 6.35. The quantitative estimate of drug-likeness (QED) is 0.870. The summed E-state index contributed by atoms with van der Waals surface area (Å²) in [6.07, 6.45) is 0.838. The number of aliphatic carboxylic acids is 1. The van der Waals surface area contributed by atoms with Crippen molar-refractivity contribution in [3.63, 3.8) is 0 Å². The zero-order valence-electron chi connectivity index (χ0n) is 11.4. The molecule has 1 N–H and O–H groups in total. The summed E-state index contributed by atoms with van der Waals surface area (Å²) in [5.41, 5.74) is 0. The van der Waals surface area contributed by atoms with Gasteiger partial charge in [0, 0.05) is 11.1 Å². The van der Waals surface area contributed by atoms with E-state index in [-0.39, 0.29) is 18.5 Å². The van der Waals surface area contributed by atoms with E-state index in [1.54, 1.807) is 19.1 Å². The van der Waals surface area contributed by atoms with Gasteiger partial charge >= 0.3 is 5.97 Å². The van der Waals surface area contributed by atoms with Crippen molar-refractivity contribution in [2.24, 2.45) is 0 Å². The van der Waals surface area contributed by atoms with Crippen LogP contribution in [0.4, 0.5) is 0 Å². The number of carboxylic acid groups (broad SMARTS) is 1. The molecule has 1 fully saturated rings. The van der Waals surface area contributed by atoms with Crippen molar-refractivity contribution in [2.45, 2.75) is 31.9 Å². The molecule has 0 heterocycles. The molecule has 1 aliphatic carbocycles. The molecule has 1 aromatic rings.